The van der Waals surface area contributed by atoms with Crippen LogP contribution in [0, 0.1) is 0 Å². The Hall–Kier alpha value is -3.26. The van der Waals surface area contributed by atoms with Gasteiger partial charge in [0.05, 0.1) is 11.1 Å². The molecular formula is C26H30N4O4. The van der Waals surface area contributed by atoms with Gasteiger partial charge in [-0.25, -0.2) is 0 Å². The molecule has 0 radical (unpaired) electrons. The number of benzene rings is 1. The van der Waals surface area contributed by atoms with Crippen LogP contribution in [0.15, 0.2) is 48.8 Å². The van der Waals surface area contributed by atoms with Crippen LogP contribution in [0.2, 0.25) is 0 Å². The highest BCUT2D eigenvalue weighted by molar-refractivity contribution is 6.21. The third-order valence-electron chi connectivity index (χ3n) is 7.19. The van der Waals surface area contributed by atoms with Gasteiger partial charge < -0.3 is 9.64 Å². The Labute approximate surface area is 199 Å². The number of hydrogen-bond acceptors (Lipinski definition) is 6. The van der Waals surface area contributed by atoms with Crippen LogP contribution >= 0.6 is 0 Å². The van der Waals surface area contributed by atoms with E-state index in [1.807, 2.05) is 17.0 Å². The number of hydrogen-bond donors (Lipinski definition) is 0. The van der Waals surface area contributed by atoms with Gasteiger partial charge in [-0.3, -0.25) is 29.2 Å². The van der Waals surface area contributed by atoms with Gasteiger partial charge in [0.2, 0.25) is 5.91 Å². The zero-order chi connectivity index (χ0) is 23.5. The second-order valence-electron chi connectivity index (χ2n) is 9.21. The molecule has 34 heavy (non-hydrogen) atoms. The SMILES string of the molecule is O=C(CCN1C(=O)c2ccccc2C1=O)N1CCC(N2CCC(Oc3ccncc3)CC2)CC1. The molecule has 0 saturated carbocycles. The smallest absolute Gasteiger partial charge is 0.261 e. The Balaban J connectivity index is 1.05. The van der Waals surface area contributed by atoms with Gasteiger partial charge in [-0.15, -0.1) is 0 Å². The van der Waals surface area contributed by atoms with E-state index in [0.717, 1.165) is 57.6 Å². The van der Waals surface area contributed by atoms with Crippen molar-refractivity contribution in [3.05, 3.63) is 59.9 Å². The monoisotopic (exact) mass is 462 g/mol. The molecule has 0 atom stereocenters. The van der Waals surface area contributed by atoms with Gasteiger partial charge in [-0.1, -0.05) is 12.1 Å². The predicted octanol–water partition coefficient (Wildman–Crippen LogP) is 2.60. The van der Waals surface area contributed by atoms with E-state index in [2.05, 4.69) is 9.88 Å². The van der Waals surface area contributed by atoms with Crippen LogP contribution in [0.4, 0.5) is 0 Å². The molecule has 8 nitrogen and oxygen atoms in total. The van der Waals surface area contributed by atoms with E-state index in [9.17, 15) is 14.4 Å². The quantitative estimate of drug-likeness (QED) is 0.614. The second-order valence-corrected chi connectivity index (χ2v) is 9.21. The van der Waals surface area contributed by atoms with Crippen molar-refractivity contribution in [2.75, 3.05) is 32.7 Å². The molecule has 3 amide bonds. The van der Waals surface area contributed by atoms with Crippen LogP contribution in [0.25, 0.3) is 0 Å². The summed E-state index contributed by atoms with van der Waals surface area (Å²) in [5.74, 6) is 0.285. The topological polar surface area (TPSA) is 83.1 Å². The summed E-state index contributed by atoms with van der Waals surface area (Å²) in [4.78, 5) is 47.4. The van der Waals surface area contributed by atoms with Gasteiger partial charge >= 0.3 is 0 Å². The number of imide groups is 1. The predicted molar refractivity (Wildman–Crippen MR) is 125 cm³/mol. The molecule has 0 unspecified atom stereocenters. The Morgan fingerprint density at radius 1 is 0.882 bits per heavy atom. The van der Waals surface area contributed by atoms with Crippen LogP contribution < -0.4 is 4.74 Å². The normalized spacial score (nSPS) is 20.0. The molecule has 1 aromatic carbocycles. The molecule has 0 bridgehead atoms. The van der Waals surface area contributed by atoms with E-state index in [4.69, 9.17) is 4.74 Å². The summed E-state index contributed by atoms with van der Waals surface area (Å²) in [6, 6.07) is 11.1. The fourth-order valence-corrected chi connectivity index (χ4v) is 5.26. The minimum atomic E-state index is -0.302. The first-order valence-electron chi connectivity index (χ1n) is 12.1. The van der Waals surface area contributed by atoms with Crippen LogP contribution in [0.1, 0.15) is 52.8 Å². The number of nitrogens with zero attached hydrogens (tertiary/aromatic N) is 4. The third kappa shape index (κ3) is 4.68. The number of carbonyl (C=O) groups excluding carboxylic acids is 3. The molecule has 5 rings (SSSR count). The summed E-state index contributed by atoms with van der Waals surface area (Å²) < 4.78 is 6.07. The number of ether oxygens (including phenoxy) is 1. The molecule has 4 heterocycles. The highest BCUT2D eigenvalue weighted by Gasteiger charge is 2.36. The molecule has 2 aromatic rings. The van der Waals surface area contributed by atoms with Crippen molar-refractivity contribution in [2.24, 2.45) is 0 Å². The molecule has 3 aliphatic rings. The Morgan fingerprint density at radius 2 is 1.50 bits per heavy atom. The zero-order valence-corrected chi connectivity index (χ0v) is 19.3. The van der Waals surface area contributed by atoms with Crippen LogP contribution in [0.3, 0.4) is 0 Å². The maximum absolute atomic E-state index is 12.8. The van der Waals surface area contributed by atoms with E-state index < -0.39 is 0 Å². The van der Waals surface area contributed by atoms with Crippen LogP contribution in [0.5, 0.6) is 5.75 Å². The molecule has 0 spiro atoms. The van der Waals surface area contributed by atoms with Crippen molar-refractivity contribution in [1.29, 1.82) is 0 Å². The molecule has 1 aromatic heterocycles. The highest BCUT2D eigenvalue weighted by atomic mass is 16.5. The van der Waals surface area contributed by atoms with Crippen molar-refractivity contribution >= 4 is 17.7 Å². The lowest BCUT2D eigenvalue weighted by Gasteiger charge is -2.41. The molecule has 2 saturated heterocycles. The number of fused-ring (bicyclic) bond motifs is 1. The molecule has 178 valence electrons. The minimum absolute atomic E-state index is 0.0134. The van der Waals surface area contributed by atoms with E-state index in [-0.39, 0.29) is 36.8 Å². The Kier molecular flexibility index (Phi) is 6.58. The number of amides is 3. The summed E-state index contributed by atoms with van der Waals surface area (Å²) >= 11 is 0. The van der Waals surface area contributed by atoms with Gasteiger partial charge in [-0.2, -0.15) is 0 Å². The third-order valence-corrected chi connectivity index (χ3v) is 7.19. The van der Waals surface area contributed by atoms with E-state index >= 15 is 0 Å². The van der Waals surface area contributed by atoms with Crippen molar-refractivity contribution in [3.63, 3.8) is 0 Å². The van der Waals surface area contributed by atoms with E-state index in [1.165, 1.54) is 4.90 Å². The standard InChI is InChI=1S/C26H30N4O4/c31-24(11-18-30-25(32)22-3-1-2-4-23(22)26(30)33)29-14-7-19(8-15-29)28-16-9-21(10-17-28)34-20-5-12-27-13-6-20/h1-6,12-13,19,21H,7-11,14-18H2. The van der Waals surface area contributed by atoms with Gasteiger partial charge in [0, 0.05) is 57.6 Å². The van der Waals surface area contributed by atoms with Crippen LogP contribution in [-0.4, -0.2) is 82.3 Å². The summed E-state index contributed by atoms with van der Waals surface area (Å²) in [7, 11) is 0. The lowest BCUT2D eigenvalue weighted by molar-refractivity contribution is -0.133. The minimum Gasteiger partial charge on any atom is -0.490 e. The van der Waals surface area contributed by atoms with E-state index in [0.29, 0.717) is 17.2 Å². The fourth-order valence-electron chi connectivity index (χ4n) is 5.26. The first kappa shape index (κ1) is 22.5. The number of pyridine rings is 1. The van der Waals surface area contributed by atoms with Gasteiger partial charge in [-0.05, 0) is 49.9 Å². The largest absolute Gasteiger partial charge is 0.490 e. The molecule has 3 aliphatic heterocycles. The first-order valence-corrected chi connectivity index (χ1v) is 12.1. The van der Waals surface area contributed by atoms with Crippen LogP contribution in [-0.2, 0) is 4.79 Å². The lowest BCUT2D eigenvalue weighted by atomic mass is 9.98. The summed E-state index contributed by atoms with van der Waals surface area (Å²) in [5, 5.41) is 0. The Morgan fingerprint density at radius 3 is 2.12 bits per heavy atom. The number of likely N-dealkylation sites (tertiary alicyclic amines) is 2. The van der Waals surface area contributed by atoms with Gasteiger partial charge in [0.1, 0.15) is 11.9 Å². The molecular weight excluding hydrogens is 432 g/mol. The van der Waals surface area contributed by atoms with Gasteiger partial charge in [0.15, 0.2) is 0 Å². The maximum Gasteiger partial charge on any atom is 0.261 e. The van der Waals surface area contributed by atoms with Crippen molar-refractivity contribution < 1.29 is 19.1 Å². The molecule has 0 N–H and O–H groups in total. The second kappa shape index (κ2) is 9.93. The lowest BCUT2D eigenvalue weighted by Crippen LogP contribution is -2.50. The first-order chi connectivity index (χ1) is 16.6. The summed E-state index contributed by atoms with van der Waals surface area (Å²) in [6.45, 7) is 3.59. The number of piperidine rings is 2. The average molecular weight is 463 g/mol. The summed E-state index contributed by atoms with van der Waals surface area (Å²) in [5.41, 5.74) is 0.853. The van der Waals surface area contributed by atoms with Crippen molar-refractivity contribution in [3.8, 4) is 5.75 Å². The Bertz CT molecular complexity index is 1010. The highest BCUT2D eigenvalue weighted by Crippen LogP contribution is 2.25. The number of aromatic nitrogens is 1. The fraction of sp³-hybridized carbons (Fsp3) is 0.462. The van der Waals surface area contributed by atoms with Crippen molar-refractivity contribution in [2.45, 2.75) is 44.2 Å². The maximum atomic E-state index is 12.8. The molecule has 2 fully saturated rings. The molecule has 0 aliphatic carbocycles. The average Bonchev–Trinajstić information content (AvgIpc) is 3.13. The van der Waals surface area contributed by atoms with Crippen molar-refractivity contribution in [1.82, 2.24) is 19.7 Å². The van der Waals surface area contributed by atoms with E-state index in [1.54, 1.807) is 36.7 Å². The number of rotatable bonds is 6. The number of carbonyl (C=O) groups is 3. The van der Waals surface area contributed by atoms with Gasteiger partial charge in [0.25, 0.3) is 11.8 Å². The molecule has 8 heteroatoms. The summed E-state index contributed by atoms with van der Waals surface area (Å²) in [6.07, 6.45) is 7.82. The zero-order valence-electron chi connectivity index (χ0n) is 19.3.